The van der Waals surface area contributed by atoms with E-state index in [1.807, 2.05) is 0 Å². The molecule has 3 aromatic carbocycles. The number of aromatic nitrogens is 4. The molecule has 32 heavy (non-hydrogen) atoms. The van der Waals surface area contributed by atoms with E-state index in [0.717, 1.165) is 12.1 Å². The molecule has 0 aliphatic heterocycles. The number of tetrazole rings is 1. The third-order valence-electron chi connectivity index (χ3n) is 4.54. The molecule has 162 valence electrons. The van der Waals surface area contributed by atoms with Crippen molar-refractivity contribution in [2.24, 2.45) is 0 Å². The minimum atomic E-state index is -4.42. The van der Waals surface area contributed by atoms with Gasteiger partial charge in [0.2, 0.25) is 0 Å². The van der Waals surface area contributed by atoms with Crippen LogP contribution in [0.15, 0.2) is 66.7 Å². The summed E-state index contributed by atoms with van der Waals surface area (Å²) in [6.07, 6.45) is -4.42. The predicted molar refractivity (Wildman–Crippen MR) is 114 cm³/mol. The highest BCUT2D eigenvalue weighted by molar-refractivity contribution is 6.33. The van der Waals surface area contributed by atoms with Gasteiger partial charge in [-0.3, -0.25) is 0 Å². The molecule has 0 aliphatic rings. The van der Waals surface area contributed by atoms with Gasteiger partial charge in [-0.15, -0.1) is 5.10 Å². The number of halogens is 4. The number of urea groups is 1. The van der Waals surface area contributed by atoms with E-state index in [2.05, 4.69) is 31.3 Å². The Kier molecular flexibility index (Phi) is 5.78. The second-order valence-corrected chi connectivity index (χ2v) is 7.05. The van der Waals surface area contributed by atoms with Gasteiger partial charge in [0.25, 0.3) is 0 Å². The molecule has 0 aliphatic carbocycles. The van der Waals surface area contributed by atoms with Crippen molar-refractivity contribution in [2.45, 2.75) is 6.18 Å². The minimum absolute atomic E-state index is 0.270. The molecule has 1 aromatic heterocycles. The lowest BCUT2D eigenvalue weighted by Crippen LogP contribution is -2.20. The minimum Gasteiger partial charge on any atom is -0.307 e. The maximum absolute atomic E-state index is 12.8. The van der Waals surface area contributed by atoms with Gasteiger partial charge in [-0.05, 0) is 58.0 Å². The normalized spacial score (nSPS) is 11.2. The number of alkyl halides is 3. The molecule has 3 N–H and O–H groups in total. The number of amides is 2. The summed E-state index contributed by atoms with van der Waals surface area (Å²) < 4.78 is 38.5. The second kappa shape index (κ2) is 8.67. The first-order chi connectivity index (χ1) is 15.3. The van der Waals surface area contributed by atoms with Crippen molar-refractivity contribution in [3.63, 3.8) is 0 Å². The Hall–Kier alpha value is -3.92. The second-order valence-electron chi connectivity index (χ2n) is 6.64. The van der Waals surface area contributed by atoms with Crippen LogP contribution >= 0.6 is 11.6 Å². The van der Waals surface area contributed by atoms with E-state index in [0.29, 0.717) is 33.1 Å². The molecule has 7 nitrogen and oxygen atoms in total. The standard InChI is InChI=1S/C21H14ClF3N6O/c22-16-3-1-2-4-18(16)27-20(32)26-17-10-7-13(11-15(17)19-28-30-31-29-19)12-5-8-14(9-6-12)21(23,24)25/h1-11H,(H2,26,27,32)(H,28,29,30,31). The van der Waals surface area contributed by atoms with Crippen LogP contribution in [0, 0.1) is 0 Å². The van der Waals surface area contributed by atoms with Gasteiger partial charge < -0.3 is 10.6 Å². The van der Waals surface area contributed by atoms with Crippen LogP contribution in [0.4, 0.5) is 29.3 Å². The lowest BCUT2D eigenvalue weighted by molar-refractivity contribution is -0.137. The summed E-state index contributed by atoms with van der Waals surface area (Å²) in [4.78, 5) is 12.5. The molecule has 0 bridgehead atoms. The van der Waals surface area contributed by atoms with Gasteiger partial charge in [-0.25, -0.2) is 9.89 Å². The molecule has 0 unspecified atom stereocenters. The molecule has 0 fully saturated rings. The van der Waals surface area contributed by atoms with Crippen LogP contribution in [-0.2, 0) is 6.18 Å². The number of H-pyrrole nitrogens is 1. The lowest BCUT2D eigenvalue weighted by Gasteiger charge is -2.13. The topological polar surface area (TPSA) is 95.6 Å². The van der Waals surface area contributed by atoms with Gasteiger partial charge in [0.05, 0.1) is 22.0 Å². The molecule has 11 heteroatoms. The highest BCUT2D eigenvalue weighted by Crippen LogP contribution is 2.34. The molecule has 4 aromatic rings. The molecule has 0 spiro atoms. The summed E-state index contributed by atoms with van der Waals surface area (Å²) in [7, 11) is 0. The van der Waals surface area contributed by atoms with E-state index >= 15 is 0 Å². The van der Waals surface area contributed by atoms with E-state index in [4.69, 9.17) is 11.6 Å². The van der Waals surface area contributed by atoms with E-state index < -0.39 is 17.8 Å². The first kappa shape index (κ1) is 21.3. The number of carbonyl (C=O) groups excluding carboxylic acids is 1. The van der Waals surface area contributed by atoms with Gasteiger partial charge in [-0.1, -0.05) is 41.9 Å². The van der Waals surface area contributed by atoms with Crippen LogP contribution in [0.3, 0.4) is 0 Å². The summed E-state index contributed by atoms with van der Waals surface area (Å²) in [6, 6.07) is 15.9. The van der Waals surface area contributed by atoms with Crippen molar-refractivity contribution in [1.82, 2.24) is 20.6 Å². The number of para-hydroxylation sites is 1. The number of anilines is 2. The van der Waals surface area contributed by atoms with Crippen LogP contribution in [-0.4, -0.2) is 26.7 Å². The number of nitrogens with zero attached hydrogens (tertiary/aromatic N) is 3. The van der Waals surface area contributed by atoms with Gasteiger partial charge in [0.1, 0.15) is 0 Å². The third kappa shape index (κ3) is 4.70. The zero-order chi connectivity index (χ0) is 22.7. The largest absolute Gasteiger partial charge is 0.416 e. The Morgan fingerprint density at radius 3 is 2.25 bits per heavy atom. The van der Waals surface area contributed by atoms with Gasteiger partial charge >= 0.3 is 12.2 Å². The highest BCUT2D eigenvalue weighted by Gasteiger charge is 2.30. The number of hydrogen-bond acceptors (Lipinski definition) is 4. The summed E-state index contributed by atoms with van der Waals surface area (Å²) in [6.45, 7) is 0. The molecular weight excluding hydrogens is 445 g/mol. The Morgan fingerprint density at radius 1 is 0.906 bits per heavy atom. The average Bonchev–Trinajstić information content (AvgIpc) is 3.30. The van der Waals surface area contributed by atoms with Crippen molar-refractivity contribution in [3.8, 4) is 22.5 Å². The summed E-state index contributed by atoms with van der Waals surface area (Å²) in [5.74, 6) is 0.270. The molecule has 2 amide bonds. The zero-order valence-corrected chi connectivity index (χ0v) is 16.9. The molecule has 0 atom stereocenters. The lowest BCUT2D eigenvalue weighted by atomic mass is 10.00. The third-order valence-corrected chi connectivity index (χ3v) is 4.87. The van der Waals surface area contributed by atoms with E-state index in [1.165, 1.54) is 12.1 Å². The van der Waals surface area contributed by atoms with Crippen LogP contribution < -0.4 is 10.6 Å². The number of rotatable bonds is 4. The Bertz CT molecular complexity index is 1240. The molecule has 0 saturated heterocycles. The van der Waals surface area contributed by atoms with Crippen LogP contribution in [0.25, 0.3) is 22.5 Å². The number of hydrogen-bond donors (Lipinski definition) is 3. The fourth-order valence-corrected chi connectivity index (χ4v) is 3.18. The van der Waals surface area contributed by atoms with Crippen LogP contribution in [0.5, 0.6) is 0 Å². The van der Waals surface area contributed by atoms with Crippen molar-refractivity contribution in [2.75, 3.05) is 10.6 Å². The molecule has 1 heterocycles. The van der Waals surface area contributed by atoms with Crippen LogP contribution in [0.1, 0.15) is 5.56 Å². The van der Waals surface area contributed by atoms with Gasteiger partial charge in [-0.2, -0.15) is 13.2 Å². The summed E-state index contributed by atoms with van der Waals surface area (Å²) in [5, 5.41) is 19.3. The summed E-state index contributed by atoms with van der Waals surface area (Å²) >= 11 is 6.07. The highest BCUT2D eigenvalue weighted by atomic mass is 35.5. The van der Waals surface area contributed by atoms with Crippen LogP contribution in [0.2, 0.25) is 5.02 Å². The van der Waals surface area contributed by atoms with Crippen molar-refractivity contribution in [1.29, 1.82) is 0 Å². The van der Waals surface area contributed by atoms with Gasteiger partial charge in [0, 0.05) is 5.56 Å². The van der Waals surface area contributed by atoms with Crippen molar-refractivity contribution >= 4 is 29.0 Å². The van der Waals surface area contributed by atoms with Crippen molar-refractivity contribution in [3.05, 3.63) is 77.3 Å². The fraction of sp³-hybridized carbons (Fsp3) is 0.0476. The maximum atomic E-state index is 12.8. The Morgan fingerprint density at radius 2 is 1.59 bits per heavy atom. The smallest absolute Gasteiger partial charge is 0.307 e. The van der Waals surface area contributed by atoms with Crippen molar-refractivity contribution < 1.29 is 18.0 Å². The maximum Gasteiger partial charge on any atom is 0.416 e. The Labute approximate surface area is 184 Å². The van der Waals surface area contributed by atoms with E-state index in [9.17, 15) is 18.0 Å². The first-order valence-corrected chi connectivity index (χ1v) is 9.57. The zero-order valence-electron chi connectivity index (χ0n) is 16.1. The molecule has 0 saturated carbocycles. The number of benzene rings is 3. The molecule has 0 radical (unpaired) electrons. The Balaban J connectivity index is 1.64. The van der Waals surface area contributed by atoms with Gasteiger partial charge in [0.15, 0.2) is 5.82 Å². The fourth-order valence-electron chi connectivity index (χ4n) is 2.99. The summed E-state index contributed by atoms with van der Waals surface area (Å²) in [5.41, 5.74) is 1.68. The van der Waals surface area contributed by atoms with E-state index in [1.54, 1.807) is 42.5 Å². The number of nitrogens with one attached hydrogen (secondary N) is 3. The quantitative estimate of drug-likeness (QED) is 0.357. The molecule has 4 rings (SSSR count). The number of carbonyl (C=O) groups is 1. The molecular formula is C21H14ClF3N6O. The average molecular weight is 459 g/mol. The first-order valence-electron chi connectivity index (χ1n) is 9.19. The SMILES string of the molecule is O=C(Nc1ccccc1Cl)Nc1ccc(-c2ccc(C(F)(F)F)cc2)cc1-c1nnn[nH]1. The predicted octanol–water partition coefficient (Wildman–Crippen LogP) is 5.85. The van der Waals surface area contributed by atoms with E-state index in [-0.39, 0.29) is 5.82 Å². The monoisotopic (exact) mass is 458 g/mol. The number of aromatic amines is 1.